The zero-order valence-corrected chi connectivity index (χ0v) is 14.6. The van der Waals surface area contributed by atoms with Gasteiger partial charge in [0.2, 0.25) is 0 Å². The molecule has 3 N–H and O–H groups in total. The highest BCUT2D eigenvalue weighted by molar-refractivity contribution is 6.34. The predicted octanol–water partition coefficient (Wildman–Crippen LogP) is 2.22. The summed E-state index contributed by atoms with van der Waals surface area (Å²) in [5.41, 5.74) is 9.69. The molecule has 0 spiro atoms. The van der Waals surface area contributed by atoms with E-state index in [0.717, 1.165) is 16.7 Å². The molecule has 8 nitrogen and oxygen atoms in total. The van der Waals surface area contributed by atoms with Gasteiger partial charge in [0.1, 0.15) is 11.3 Å². The van der Waals surface area contributed by atoms with E-state index in [4.69, 9.17) is 10.2 Å². The van der Waals surface area contributed by atoms with Crippen LogP contribution in [-0.2, 0) is 9.59 Å². The first-order valence-corrected chi connectivity index (χ1v) is 8.39. The molecular formula is C20H15N5O3. The third kappa shape index (κ3) is 3.38. The molecule has 4 rings (SSSR count). The number of hydrazone groups is 1. The maximum absolute atomic E-state index is 11.3. The van der Waals surface area contributed by atoms with Gasteiger partial charge in [-0.1, -0.05) is 36.4 Å². The summed E-state index contributed by atoms with van der Waals surface area (Å²) in [4.78, 5) is 22.1. The summed E-state index contributed by atoms with van der Waals surface area (Å²) in [6, 6.07) is 19.0. The monoisotopic (exact) mass is 373 g/mol. The smallest absolute Gasteiger partial charge is 0.329 e. The van der Waals surface area contributed by atoms with Crippen LogP contribution in [0.15, 0.2) is 76.4 Å². The van der Waals surface area contributed by atoms with Crippen molar-refractivity contribution in [1.82, 2.24) is 15.2 Å². The number of aromatic nitrogens is 2. The first kappa shape index (κ1) is 17.2. The topological polar surface area (TPSA) is 116 Å². The fourth-order valence-corrected chi connectivity index (χ4v) is 2.70. The van der Waals surface area contributed by atoms with Crippen LogP contribution in [0.2, 0.25) is 0 Å². The van der Waals surface area contributed by atoms with Crippen LogP contribution in [0.1, 0.15) is 5.56 Å². The van der Waals surface area contributed by atoms with E-state index >= 15 is 0 Å². The maximum atomic E-state index is 11.3. The standard InChI is InChI=1S/C20H15N5O3/c21-19(26)20(27)23-22-11-14-12-25(15-7-2-1-3-8-15)24-18(14)17-10-13-6-4-5-9-16(13)28-17/h1-12H,(H2,21,26)(H,23,27). The van der Waals surface area contributed by atoms with Gasteiger partial charge in [-0.25, -0.2) is 10.1 Å². The molecule has 0 aliphatic carbocycles. The van der Waals surface area contributed by atoms with E-state index in [2.05, 4.69) is 15.6 Å². The molecule has 2 aromatic carbocycles. The average Bonchev–Trinajstić information content (AvgIpc) is 3.32. The number of nitrogens with one attached hydrogen (secondary N) is 1. The molecule has 4 aromatic rings. The molecule has 28 heavy (non-hydrogen) atoms. The molecular weight excluding hydrogens is 358 g/mol. The zero-order chi connectivity index (χ0) is 19.5. The van der Waals surface area contributed by atoms with E-state index in [9.17, 15) is 9.59 Å². The molecule has 0 unspecified atom stereocenters. The number of carbonyl (C=O) groups is 2. The van der Waals surface area contributed by atoms with Gasteiger partial charge in [-0.2, -0.15) is 10.2 Å². The van der Waals surface area contributed by atoms with E-state index in [-0.39, 0.29) is 0 Å². The molecule has 0 radical (unpaired) electrons. The zero-order valence-electron chi connectivity index (χ0n) is 14.6. The van der Waals surface area contributed by atoms with Crippen molar-refractivity contribution in [3.8, 4) is 17.1 Å². The normalized spacial score (nSPS) is 11.1. The lowest BCUT2D eigenvalue weighted by molar-refractivity contribution is -0.137. The molecule has 2 aromatic heterocycles. The van der Waals surface area contributed by atoms with E-state index < -0.39 is 11.8 Å². The van der Waals surface area contributed by atoms with Crippen molar-refractivity contribution in [2.24, 2.45) is 10.8 Å². The SMILES string of the molecule is NC(=O)C(=O)NN=Cc1cn(-c2ccccc2)nc1-c1cc2ccccc2o1. The minimum Gasteiger partial charge on any atom is -0.454 e. The van der Waals surface area contributed by atoms with E-state index in [1.807, 2.05) is 60.7 Å². The number of furan rings is 1. The Balaban J connectivity index is 1.76. The highest BCUT2D eigenvalue weighted by atomic mass is 16.3. The van der Waals surface area contributed by atoms with Crippen LogP contribution in [0.4, 0.5) is 0 Å². The first-order chi connectivity index (χ1) is 13.6. The molecule has 0 atom stereocenters. The van der Waals surface area contributed by atoms with Crippen molar-refractivity contribution in [3.05, 3.63) is 72.4 Å². The van der Waals surface area contributed by atoms with Gasteiger partial charge in [0.05, 0.1) is 11.9 Å². The van der Waals surface area contributed by atoms with Crippen LogP contribution in [-0.4, -0.2) is 27.8 Å². The fraction of sp³-hybridized carbons (Fsp3) is 0. The maximum Gasteiger partial charge on any atom is 0.329 e. The van der Waals surface area contributed by atoms with Crippen LogP contribution in [0.5, 0.6) is 0 Å². The van der Waals surface area contributed by atoms with Crippen molar-refractivity contribution in [1.29, 1.82) is 0 Å². The molecule has 2 amide bonds. The van der Waals surface area contributed by atoms with Crippen molar-refractivity contribution in [3.63, 3.8) is 0 Å². The lowest BCUT2D eigenvalue weighted by atomic mass is 10.2. The minimum atomic E-state index is -1.12. The molecule has 8 heteroatoms. The number of nitrogens with two attached hydrogens (primary N) is 1. The van der Waals surface area contributed by atoms with Crippen LogP contribution < -0.4 is 11.2 Å². The number of hydrogen-bond acceptors (Lipinski definition) is 5. The van der Waals surface area contributed by atoms with Crippen LogP contribution >= 0.6 is 0 Å². The van der Waals surface area contributed by atoms with Crippen molar-refractivity contribution >= 4 is 29.0 Å². The number of rotatable bonds is 4. The quantitative estimate of drug-likeness (QED) is 0.324. The molecule has 138 valence electrons. The summed E-state index contributed by atoms with van der Waals surface area (Å²) >= 11 is 0. The second-order valence-electron chi connectivity index (χ2n) is 5.93. The molecule has 0 fully saturated rings. The third-order valence-corrected chi connectivity index (χ3v) is 4.02. The van der Waals surface area contributed by atoms with Crippen LogP contribution in [0.25, 0.3) is 28.1 Å². The van der Waals surface area contributed by atoms with Crippen molar-refractivity contribution in [2.45, 2.75) is 0 Å². The van der Waals surface area contributed by atoms with Gasteiger partial charge in [0.15, 0.2) is 5.76 Å². The number of fused-ring (bicyclic) bond motifs is 1. The van der Waals surface area contributed by atoms with Gasteiger partial charge in [-0.05, 0) is 24.3 Å². The summed E-state index contributed by atoms with van der Waals surface area (Å²) in [5.74, 6) is -1.56. The van der Waals surface area contributed by atoms with Gasteiger partial charge in [-0.15, -0.1) is 0 Å². The molecule has 0 aliphatic heterocycles. The lowest BCUT2D eigenvalue weighted by Gasteiger charge is -1.98. The largest absolute Gasteiger partial charge is 0.454 e. The Labute approximate surface area is 159 Å². The molecule has 0 aliphatic rings. The molecule has 0 saturated heterocycles. The number of benzene rings is 2. The van der Waals surface area contributed by atoms with E-state index in [1.54, 1.807) is 10.9 Å². The number of hydrogen-bond donors (Lipinski definition) is 2. The summed E-state index contributed by atoms with van der Waals surface area (Å²) in [6.45, 7) is 0. The summed E-state index contributed by atoms with van der Waals surface area (Å²) < 4.78 is 7.59. The number of para-hydroxylation sites is 2. The molecule has 2 heterocycles. The van der Waals surface area contributed by atoms with E-state index in [1.165, 1.54) is 6.21 Å². The second kappa shape index (κ2) is 7.20. The Morgan fingerprint density at radius 2 is 1.86 bits per heavy atom. The Kier molecular flexibility index (Phi) is 4.43. The molecule has 0 bridgehead atoms. The van der Waals surface area contributed by atoms with Gasteiger partial charge < -0.3 is 10.2 Å². The Hall–Kier alpha value is -4.20. The highest BCUT2D eigenvalue weighted by Crippen LogP contribution is 2.29. The summed E-state index contributed by atoms with van der Waals surface area (Å²) in [5, 5.41) is 9.34. The number of nitrogens with zero attached hydrogens (tertiary/aromatic N) is 3. The number of carbonyl (C=O) groups excluding carboxylic acids is 2. The lowest BCUT2D eigenvalue weighted by Crippen LogP contribution is -2.32. The van der Waals surface area contributed by atoms with Crippen molar-refractivity contribution in [2.75, 3.05) is 0 Å². The van der Waals surface area contributed by atoms with Gasteiger partial charge in [0.25, 0.3) is 0 Å². The van der Waals surface area contributed by atoms with Gasteiger partial charge in [-0.3, -0.25) is 9.59 Å². The number of amides is 2. The van der Waals surface area contributed by atoms with Gasteiger partial charge in [0, 0.05) is 17.1 Å². The highest BCUT2D eigenvalue weighted by Gasteiger charge is 2.16. The fourth-order valence-electron chi connectivity index (χ4n) is 2.70. The average molecular weight is 373 g/mol. The first-order valence-electron chi connectivity index (χ1n) is 8.39. The van der Waals surface area contributed by atoms with E-state index in [0.29, 0.717) is 17.0 Å². The summed E-state index contributed by atoms with van der Waals surface area (Å²) in [7, 11) is 0. The van der Waals surface area contributed by atoms with Crippen LogP contribution in [0, 0.1) is 0 Å². The van der Waals surface area contributed by atoms with Crippen molar-refractivity contribution < 1.29 is 14.0 Å². The van der Waals surface area contributed by atoms with Gasteiger partial charge >= 0.3 is 11.8 Å². The summed E-state index contributed by atoms with van der Waals surface area (Å²) in [6.07, 6.45) is 3.13. The third-order valence-electron chi connectivity index (χ3n) is 4.02. The second-order valence-corrected chi connectivity index (χ2v) is 5.93. The Morgan fingerprint density at radius 1 is 1.11 bits per heavy atom. The predicted molar refractivity (Wildman–Crippen MR) is 104 cm³/mol. The number of primary amides is 1. The Bertz CT molecular complexity index is 1160. The molecule has 0 saturated carbocycles. The minimum absolute atomic E-state index is 0.539. The van der Waals surface area contributed by atoms with Crippen LogP contribution in [0.3, 0.4) is 0 Å². The Morgan fingerprint density at radius 3 is 2.61 bits per heavy atom.